The lowest BCUT2D eigenvalue weighted by Gasteiger charge is -2.10. The van der Waals surface area contributed by atoms with Crippen LogP contribution in [0.25, 0.3) is 0 Å². The fourth-order valence-corrected chi connectivity index (χ4v) is 2.14. The number of rotatable bonds is 5. The first-order valence-electron chi connectivity index (χ1n) is 7.43. The van der Waals surface area contributed by atoms with E-state index in [0.29, 0.717) is 0 Å². The van der Waals surface area contributed by atoms with Gasteiger partial charge in [-0.3, -0.25) is 9.78 Å². The number of aromatic hydroxyl groups is 1. The van der Waals surface area contributed by atoms with E-state index < -0.39 is 5.97 Å². The van der Waals surface area contributed by atoms with Crippen LogP contribution in [0, 0.1) is 0 Å². The van der Waals surface area contributed by atoms with Crippen molar-refractivity contribution in [2.75, 3.05) is 6.61 Å². The fourth-order valence-electron chi connectivity index (χ4n) is 2.14. The molecule has 0 saturated carbocycles. The highest BCUT2D eigenvalue weighted by Gasteiger charge is 2.17. The molecule has 0 bridgehead atoms. The highest BCUT2D eigenvalue weighted by atomic mass is 16.5. The molecule has 0 spiro atoms. The van der Waals surface area contributed by atoms with Crippen molar-refractivity contribution in [3.8, 4) is 5.75 Å². The quantitative estimate of drug-likeness (QED) is 0.677. The molecule has 0 saturated heterocycles. The van der Waals surface area contributed by atoms with Gasteiger partial charge >= 0.3 is 5.97 Å². The fraction of sp³-hybridized carbons (Fsp3) is 0.278. The summed E-state index contributed by atoms with van der Waals surface area (Å²) in [6.07, 6.45) is 2.71. The number of phenolic OH excluding ortho intramolecular Hbond substituents is 1. The van der Waals surface area contributed by atoms with Crippen molar-refractivity contribution in [3.05, 3.63) is 58.9 Å². The molecule has 2 rings (SSSR count). The molecule has 0 aliphatic heterocycles. The number of nitrogens with zero attached hydrogens (tertiary/aromatic N) is 1. The largest absolute Gasteiger partial charge is 0.507 e. The van der Waals surface area contributed by atoms with E-state index in [1.165, 1.54) is 24.5 Å². The molecule has 0 aliphatic rings. The van der Waals surface area contributed by atoms with Crippen LogP contribution in [0.1, 0.15) is 58.5 Å². The van der Waals surface area contributed by atoms with Crippen LogP contribution in [0.2, 0.25) is 0 Å². The number of phenols is 1. The average molecular weight is 313 g/mol. The third-order valence-electron chi connectivity index (χ3n) is 3.44. The summed E-state index contributed by atoms with van der Waals surface area (Å²) in [7, 11) is 0. The summed E-state index contributed by atoms with van der Waals surface area (Å²) >= 11 is 0. The van der Waals surface area contributed by atoms with E-state index in [1.54, 1.807) is 19.1 Å². The van der Waals surface area contributed by atoms with Crippen molar-refractivity contribution in [2.45, 2.75) is 26.7 Å². The second-order valence-corrected chi connectivity index (χ2v) is 5.44. The van der Waals surface area contributed by atoms with Crippen molar-refractivity contribution >= 4 is 11.8 Å². The van der Waals surface area contributed by atoms with E-state index in [-0.39, 0.29) is 40.7 Å². The number of esters is 1. The van der Waals surface area contributed by atoms with Crippen molar-refractivity contribution < 1.29 is 19.4 Å². The van der Waals surface area contributed by atoms with Crippen LogP contribution in [0.5, 0.6) is 5.75 Å². The van der Waals surface area contributed by atoms with Gasteiger partial charge < -0.3 is 9.84 Å². The van der Waals surface area contributed by atoms with Gasteiger partial charge in [-0.2, -0.15) is 0 Å². The number of ether oxygens (including phenoxy) is 1. The van der Waals surface area contributed by atoms with Gasteiger partial charge in [-0.15, -0.1) is 0 Å². The number of aromatic nitrogens is 1. The van der Waals surface area contributed by atoms with Crippen LogP contribution in [-0.4, -0.2) is 28.4 Å². The molecule has 0 amide bonds. The third kappa shape index (κ3) is 3.74. The summed E-state index contributed by atoms with van der Waals surface area (Å²) in [5, 5.41) is 9.98. The monoisotopic (exact) mass is 313 g/mol. The Hall–Kier alpha value is -2.69. The Morgan fingerprint density at radius 3 is 2.52 bits per heavy atom. The summed E-state index contributed by atoms with van der Waals surface area (Å²) in [6.45, 7) is 5.96. The molecule has 5 nitrogen and oxygen atoms in total. The Balaban J connectivity index is 2.39. The maximum Gasteiger partial charge on any atom is 0.339 e. The molecule has 120 valence electrons. The highest BCUT2D eigenvalue weighted by Crippen LogP contribution is 2.25. The molecule has 23 heavy (non-hydrogen) atoms. The second-order valence-electron chi connectivity index (χ2n) is 5.44. The van der Waals surface area contributed by atoms with Crippen molar-refractivity contribution in [3.63, 3.8) is 0 Å². The van der Waals surface area contributed by atoms with Gasteiger partial charge in [0.1, 0.15) is 5.75 Å². The third-order valence-corrected chi connectivity index (χ3v) is 3.44. The first-order chi connectivity index (χ1) is 10.9. The topological polar surface area (TPSA) is 76.5 Å². The lowest BCUT2D eigenvalue weighted by molar-refractivity contribution is 0.0526. The van der Waals surface area contributed by atoms with Gasteiger partial charge in [0.2, 0.25) is 0 Å². The Labute approximate surface area is 134 Å². The van der Waals surface area contributed by atoms with E-state index in [0.717, 1.165) is 5.56 Å². The number of carbonyl (C=O) groups is 2. The smallest absolute Gasteiger partial charge is 0.339 e. The van der Waals surface area contributed by atoms with Gasteiger partial charge in [0.25, 0.3) is 0 Å². The molecular weight excluding hydrogens is 294 g/mol. The molecule has 0 unspecified atom stereocenters. The zero-order chi connectivity index (χ0) is 17.0. The number of benzene rings is 1. The maximum atomic E-state index is 12.6. The first kappa shape index (κ1) is 16.7. The Kier molecular flexibility index (Phi) is 5.11. The maximum absolute atomic E-state index is 12.6. The number of pyridine rings is 1. The van der Waals surface area contributed by atoms with Crippen LogP contribution >= 0.6 is 0 Å². The SMILES string of the molecule is CCOC(=O)c1cncc(C(=O)c2cc(C(C)C)ccc2O)c1. The Morgan fingerprint density at radius 2 is 1.87 bits per heavy atom. The molecule has 0 fully saturated rings. The van der Waals surface area contributed by atoms with E-state index in [1.807, 2.05) is 13.8 Å². The summed E-state index contributed by atoms with van der Waals surface area (Å²) in [5.41, 5.74) is 1.57. The number of ketones is 1. The summed E-state index contributed by atoms with van der Waals surface area (Å²) in [6, 6.07) is 6.38. The van der Waals surface area contributed by atoms with E-state index in [4.69, 9.17) is 4.74 Å². The lowest BCUT2D eigenvalue weighted by Crippen LogP contribution is -2.09. The molecule has 1 heterocycles. The molecule has 2 aromatic rings. The zero-order valence-electron chi connectivity index (χ0n) is 13.4. The Morgan fingerprint density at radius 1 is 1.17 bits per heavy atom. The van der Waals surface area contributed by atoms with Crippen molar-refractivity contribution in [2.24, 2.45) is 0 Å². The van der Waals surface area contributed by atoms with Gasteiger partial charge in [-0.1, -0.05) is 19.9 Å². The van der Waals surface area contributed by atoms with Crippen LogP contribution in [0.15, 0.2) is 36.7 Å². The van der Waals surface area contributed by atoms with Crippen LogP contribution < -0.4 is 0 Å². The van der Waals surface area contributed by atoms with Gasteiger partial charge in [0.15, 0.2) is 5.78 Å². The number of hydrogen-bond donors (Lipinski definition) is 1. The number of carbonyl (C=O) groups excluding carboxylic acids is 2. The minimum absolute atomic E-state index is 0.0964. The number of hydrogen-bond acceptors (Lipinski definition) is 5. The van der Waals surface area contributed by atoms with Gasteiger partial charge in [0, 0.05) is 18.0 Å². The standard InChI is InChI=1S/C18H19NO4/c1-4-23-18(22)14-7-13(9-19-10-14)17(21)15-8-12(11(2)3)5-6-16(15)20/h5-11,20H,4H2,1-3H3. The molecule has 1 aromatic heterocycles. The average Bonchev–Trinajstić information content (AvgIpc) is 2.54. The normalized spacial score (nSPS) is 10.6. The summed E-state index contributed by atoms with van der Waals surface area (Å²) < 4.78 is 4.90. The highest BCUT2D eigenvalue weighted by molar-refractivity contribution is 6.11. The predicted molar refractivity (Wildman–Crippen MR) is 85.8 cm³/mol. The molecule has 0 radical (unpaired) electrons. The van der Waals surface area contributed by atoms with Crippen LogP contribution in [-0.2, 0) is 4.74 Å². The van der Waals surface area contributed by atoms with Crippen LogP contribution in [0.3, 0.4) is 0 Å². The molecule has 1 aromatic carbocycles. The van der Waals surface area contributed by atoms with Crippen molar-refractivity contribution in [1.82, 2.24) is 4.98 Å². The summed E-state index contributed by atoms with van der Waals surface area (Å²) in [4.78, 5) is 28.3. The molecule has 5 heteroatoms. The zero-order valence-corrected chi connectivity index (χ0v) is 13.4. The van der Waals surface area contributed by atoms with E-state index >= 15 is 0 Å². The van der Waals surface area contributed by atoms with Gasteiger partial charge in [-0.05, 0) is 36.6 Å². The molecular formula is C18H19NO4. The minimum Gasteiger partial charge on any atom is -0.507 e. The van der Waals surface area contributed by atoms with Gasteiger partial charge in [-0.25, -0.2) is 4.79 Å². The lowest BCUT2D eigenvalue weighted by atomic mass is 9.96. The molecule has 0 aliphatic carbocycles. The predicted octanol–water partition coefficient (Wildman–Crippen LogP) is 3.32. The van der Waals surface area contributed by atoms with E-state index in [9.17, 15) is 14.7 Å². The van der Waals surface area contributed by atoms with Gasteiger partial charge in [0.05, 0.1) is 17.7 Å². The molecule has 0 atom stereocenters. The Bertz CT molecular complexity index is 738. The van der Waals surface area contributed by atoms with Crippen molar-refractivity contribution in [1.29, 1.82) is 0 Å². The second kappa shape index (κ2) is 7.05. The van der Waals surface area contributed by atoms with Crippen LogP contribution in [0.4, 0.5) is 0 Å². The molecule has 1 N–H and O–H groups in total. The minimum atomic E-state index is -0.533. The summed E-state index contributed by atoms with van der Waals surface area (Å²) in [5.74, 6) is -0.787. The first-order valence-corrected chi connectivity index (χ1v) is 7.43. The van der Waals surface area contributed by atoms with E-state index in [2.05, 4.69) is 4.98 Å².